The van der Waals surface area contributed by atoms with Crippen LogP contribution in [-0.2, 0) is 23.9 Å². The molecule has 4 rings (SSSR count). The van der Waals surface area contributed by atoms with Gasteiger partial charge in [0.15, 0.2) is 6.61 Å². The molecule has 0 aromatic carbocycles. The SMILES string of the molecule is CC[C@H](C)[C@H](NC(=O)COC(=O)C12CC3CC(CC(C3)C1)C2)C(=O)OC. The highest BCUT2D eigenvalue weighted by Gasteiger charge is 2.55. The summed E-state index contributed by atoms with van der Waals surface area (Å²) in [5.74, 6) is 0.763. The van der Waals surface area contributed by atoms with Crippen LogP contribution in [-0.4, -0.2) is 37.6 Å². The summed E-state index contributed by atoms with van der Waals surface area (Å²) in [5.41, 5.74) is -0.368. The van der Waals surface area contributed by atoms with Crippen molar-refractivity contribution in [2.75, 3.05) is 13.7 Å². The van der Waals surface area contributed by atoms with Crippen LogP contribution in [0.1, 0.15) is 58.8 Å². The fourth-order valence-corrected chi connectivity index (χ4v) is 5.66. The second kappa shape index (κ2) is 7.57. The number of ether oxygens (including phenoxy) is 2. The molecule has 0 aromatic rings. The van der Waals surface area contributed by atoms with Crippen LogP contribution in [0.5, 0.6) is 0 Å². The van der Waals surface area contributed by atoms with Crippen LogP contribution in [0.2, 0.25) is 0 Å². The molecule has 0 saturated heterocycles. The molecule has 26 heavy (non-hydrogen) atoms. The predicted molar refractivity (Wildman–Crippen MR) is 95.0 cm³/mol. The lowest BCUT2D eigenvalue weighted by molar-refractivity contribution is -0.173. The molecule has 1 N–H and O–H groups in total. The minimum absolute atomic E-state index is 0.0507. The van der Waals surface area contributed by atoms with Crippen molar-refractivity contribution in [2.24, 2.45) is 29.1 Å². The number of amides is 1. The minimum atomic E-state index is -0.712. The summed E-state index contributed by atoms with van der Waals surface area (Å²) in [7, 11) is 1.30. The molecular weight excluding hydrogens is 334 g/mol. The molecule has 2 atom stereocenters. The molecule has 0 spiro atoms. The van der Waals surface area contributed by atoms with E-state index in [1.165, 1.54) is 26.4 Å². The number of rotatable bonds is 7. The highest BCUT2D eigenvalue weighted by Crippen LogP contribution is 2.60. The smallest absolute Gasteiger partial charge is 0.328 e. The normalized spacial score (nSPS) is 34.0. The first-order valence-corrected chi connectivity index (χ1v) is 9.91. The number of hydrogen-bond acceptors (Lipinski definition) is 5. The number of esters is 2. The fourth-order valence-electron chi connectivity index (χ4n) is 5.66. The molecule has 1 amide bonds. The Morgan fingerprint density at radius 3 is 2.08 bits per heavy atom. The van der Waals surface area contributed by atoms with Crippen molar-refractivity contribution in [1.29, 1.82) is 0 Å². The van der Waals surface area contributed by atoms with Crippen molar-refractivity contribution in [3.8, 4) is 0 Å². The van der Waals surface area contributed by atoms with Gasteiger partial charge in [0, 0.05) is 0 Å². The summed E-state index contributed by atoms with van der Waals surface area (Å²) >= 11 is 0. The van der Waals surface area contributed by atoms with E-state index in [1.54, 1.807) is 0 Å². The molecule has 4 saturated carbocycles. The van der Waals surface area contributed by atoms with Gasteiger partial charge in [-0.05, 0) is 62.2 Å². The summed E-state index contributed by atoms with van der Waals surface area (Å²) in [6.45, 7) is 3.49. The van der Waals surface area contributed by atoms with Gasteiger partial charge >= 0.3 is 11.9 Å². The lowest BCUT2D eigenvalue weighted by Crippen LogP contribution is -2.51. The van der Waals surface area contributed by atoms with Gasteiger partial charge in [-0.25, -0.2) is 4.79 Å². The van der Waals surface area contributed by atoms with Crippen LogP contribution in [0, 0.1) is 29.1 Å². The third kappa shape index (κ3) is 3.74. The molecule has 4 fully saturated rings. The number of carbonyl (C=O) groups is 3. The van der Waals surface area contributed by atoms with Crippen molar-refractivity contribution in [1.82, 2.24) is 5.32 Å². The topological polar surface area (TPSA) is 81.7 Å². The molecule has 0 unspecified atom stereocenters. The van der Waals surface area contributed by atoms with E-state index >= 15 is 0 Å². The highest BCUT2D eigenvalue weighted by molar-refractivity contribution is 5.87. The van der Waals surface area contributed by atoms with Crippen LogP contribution in [0.25, 0.3) is 0 Å². The molecule has 4 aliphatic rings. The number of nitrogens with one attached hydrogen (secondary N) is 1. The Labute approximate surface area is 155 Å². The van der Waals surface area contributed by atoms with Crippen LogP contribution >= 0.6 is 0 Å². The Bertz CT molecular complexity index is 537. The van der Waals surface area contributed by atoms with E-state index in [1.807, 2.05) is 13.8 Å². The van der Waals surface area contributed by atoms with Gasteiger partial charge in [0.25, 0.3) is 5.91 Å². The number of methoxy groups -OCH3 is 1. The molecule has 0 aliphatic heterocycles. The van der Waals surface area contributed by atoms with Crippen LogP contribution in [0.15, 0.2) is 0 Å². The van der Waals surface area contributed by atoms with Gasteiger partial charge < -0.3 is 14.8 Å². The zero-order valence-electron chi connectivity index (χ0n) is 16.1. The van der Waals surface area contributed by atoms with Crippen molar-refractivity contribution >= 4 is 17.8 Å². The molecule has 6 heteroatoms. The van der Waals surface area contributed by atoms with Gasteiger partial charge in [-0.15, -0.1) is 0 Å². The second-order valence-electron chi connectivity index (χ2n) is 8.73. The fraction of sp³-hybridized carbons (Fsp3) is 0.850. The summed E-state index contributed by atoms with van der Waals surface area (Å²) in [5, 5.41) is 2.66. The Balaban J connectivity index is 1.54. The molecule has 6 nitrogen and oxygen atoms in total. The summed E-state index contributed by atoms with van der Waals surface area (Å²) in [6.07, 6.45) is 7.23. The summed E-state index contributed by atoms with van der Waals surface area (Å²) < 4.78 is 10.2. The van der Waals surface area contributed by atoms with Crippen molar-refractivity contribution in [3.05, 3.63) is 0 Å². The Kier molecular flexibility index (Phi) is 5.58. The third-order valence-electron chi connectivity index (χ3n) is 6.79. The first-order valence-electron chi connectivity index (χ1n) is 9.91. The summed E-state index contributed by atoms with van der Waals surface area (Å²) in [4.78, 5) is 36.9. The quantitative estimate of drug-likeness (QED) is 0.701. The van der Waals surface area contributed by atoms with E-state index in [0.29, 0.717) is 17.8 Å². The van der Waals surface area contributed by atoms with Crippen molar-refractivity contribution < 1.29 is 23.9 Å². The molecule has 0 aromatic heterocycles. The van der Waals surface area contributed by atoms with E-state index in [9.17, 15) is 14.4 Å². The van der Waals surface area contributed by atoms with E-state index in [-0.39, 0.29) is 23.9 Å². The maximum atomic E-state index is 12.8. The van der Waals surface area contributed by atoms with E-state index in [2.05, 4.69) is 5.32 Å². The lowest BCUT2D eigenvalue weighted by Gasteiger charge is -2.55. The second-order valence-corrected chi connectivity index (χ2v) is 8.73. The maximum absolute atomic E-state index is 12.8. The molecule has 0 radical (unpaired) electrons. The molecule has 146 valence electrons. The van der Waals surface area contributed by atoms with Crippen LogP contribution in [0.3, 0.4) is 0 Å². The molecule has 0 heterocycles. The van der Waals surface area contributed by atoms with Crippen molar-refractivity contribution in [3.63, 3.8) is 0 Å². The van der Waals surface area contributed by atoms with Gasteiger partial charge in [0.1, 0.15) is 6.04 Å². The Morgan fingerprint density at radius 1 is 1.08 bits per heavy atom. The average molecular weight is 365 g/mol. The molecular formula is C20H31NO5. The number of hydrogen-bond donors (Lipinski definition) is 1. The lowest BCUT2D eigenvalue weighted by atomic mass is 9.49. The largest absolute Gasteiger partial charge is 0.467 e. The summed E-state index contributed by atoms with van der Waals surface area (Å²) in [6, 6.07) is -0.712. The van der Waals surface area contributed by atoms with Crippen LogP contribution in [0.4, 0.5) is 0 Å². The first-order chi connectivity index (χ1) is 12.4. The first kappa shape index (κ1) is 19.2. The van der Waals surface area contributed by atoms with E-state index in [4.69, 9.17) is 9.47 Å². The third-order valence-corrected chi connectivity index (χ3v) is 6.79. The highest BCUT2D eigenvalue weighted by atomic mass is 16.5. The van der Waals surface area contributed by atoms with Gasteiger partial charge in [0.05, 0.1) is 12.5 Å². The van der Waals surface area contributed by atoms with E-state index in [0.717, 1.165) is 25.7 Å². The van der Waals surface area contributed by atoms with E-state index < -0.39 is 17.9 Å². The van der Waals surface area contributed by atoms with Gasteiger partial charge in [-0.3, -0.25) is 9.59 Å². The van der Waals surface area contributed by atoms with Crippen LogP contribution < -0.4 is 5.32 Å². The van der Waals surface area contributed by atoms with Gasteiger partial charge in [0.2, 0.25) is 0 Å². The predicted octanol–water partition coefficient (Wildman–Crippen LogP) is 2.45. The maximum Gasteiger partial charge on any atom is 0.328 e. The zero-order valence-corrected chi connectivity index (χ0v) is 16.1. The number of carbonyl (C=O) groups excluding carboxylic acids is 3. The molecule has 4 aliphatic carbocycles. The Morgan fingerprint density at radius 2 is 1.62 bits per heavy atom. The van der Waals surface area contributed by atoms with Gasteiger partial charge in [-0.1, -0.05) is 20.3 Å². The van der Waals surface area contributed by atoms with Crippen molar-refractivity contribution in [2.45, 2.75) is 64.8 Å². The monoisotopic (exact) mass is 365 g/mol. The van der Waals surface area contributed by atoms with Gasteiger partial charge in [-0.2, -0.15) is 0 Å². The Hall–Kier alpha value is -1.59. The average Bonchev–Trinajstić information content (AvgIpc) is 2.61. The zero-order chi connectivity index (χ0) is 18.9. The standard InChI is InChI=1S/C20H31NO5/c1-4-12(2)17(18(23)25-3)21-16(22)11-26-19(24)20-8-13-5-14(9-20)7-15(6-13)10-20/h12-15,17H,4-11H2,1-3H3,(H,21,22)/t12-,13?,14?,15?,17-,20?/m0/s1. The molecule has 4 bridgehead atoms. The minimum Gasteiger partial charge on any atom is -0.467 e.